The molecule has 28 heavy (non-hydrogen) atoms. The van der Waals surface area contributed by atoms with Crippen molar-refractivity contribution < 1.29 is 19.1 Å². The number of hydrazine groups is 1. The predicted octanol–water partition coefficient (Wildman–Crippen LogP) is 4.00. The number of ether oxygens (including phenoxy) is 2. The molecule has 0 radical (unpaired) electrons. The van der Waals surface area contributed by atoms with Gasteiger partial charge in [-0.2, -0.15) is 0 Å². The quantitative estimate of drug-likeness (QED) is 0.516. The molecule has 0 saturated carbocycles. The Bertz CT molecular complexity index is 838. The first-order valence-electron chi connectivity index (χ1n) is 8.97. The average Bonchev–Trinajstić information content (AvgIpc) is 2.70. The van der Waals surface area contributed by atoms with E-state index in [1.807, 2.05) is 13.8 Å². The van der Waals surface area contributed by atoms with E-state index in [1.165, 1.54) is 6.08 Å². The van der Waals surface area contributed by atoms with Gasteiger partial charge in [-0.1, -0.05) is 36.7 Å². The van der Waals surface area contributed by atoms with E-state index in [0.717, 1.165) is 6.42 Å². The summed E-state index contributed by atoms with van der Waals surface area (Å²) in [6.45, 7) is 4.85. The fraction of sp³-hybridized carbons (Fsp3) is 0.238. The average molecular weight is 403 g/mol. The van der Waals surface area contributed by atoms with Gasteiger partial charge in [0.25, 0.3) is 11.8 Å². The molecule has 0 atom stereocenters. The number of amides is 2. The highest BCUT2D eigenvalue weighted by Crippen LogP contribution is 2.37. The fourth-order valence-corrected chi connectivity index (χ4v) is 2.56. The third kappa shape index (κ3) is 6.32. The zero-order valence-electron chi connectivity index (χ0n) is 15.8. The lowest BCUT2D eigenvalue weighted by atomic mass is 10.2. The van der Waals surface area contributed by atoms with Gasteiger partial charge in [0.2, 0.25) is 0 Å². The van der Waals surface area contributed by atoms with Crippen LogP contribution in [0.15, 0.2) is 48.5 Å². The molecule has 2 amide bonds. The molecule has 0 bridgehead atoms. The molecule has 148 valence electrons. The number of carbonyl (C=O) groups excluding carboxylic acids is 2. The molecule has 2 aromatic carbocycles. The third-order valence-electron chi connectivity index (χ3n) is 3.54. The summed E-state index contributed by atoms with van der Waals surface area (Å²) in [7, 11) is 0. The Morgan fingerprint density at radius 1 is 1.07 bits per heavy atom. The van der Waals surface area contributed by atoms with Gasteiger partial charge in [0.15, 0.2) is 11.5 Å². The molecule has 2 N–H and O–H groups in total. The number of benzene rings is 2. The van der Waals surface area contributed by atoms with E-state index < -0.39 is 11.8 Å². The van der Waals surface area contributed by atoms with E-state index in [1.54, 1.807) is 48.5 Å². The molecule has 0 saturated heterocycles. The highest BCUT2D eigenvalue weighted by molar-refractivity contribution is 6.32. The second-order valence-corrected chi connectivity index (χ2v) is 6.16. The Hall–Kier alpha value is -2.99. The van der Waals surface area contributed by atoms with Gasteiger partial charge < -0.3 is 9.47 Å². The molecule has 0 aliphatic heterocycles. The summed E-state index contributed by atoms with van der Waals surface area (Å²) in [6.07, 6.45) is 3.71. The van der Waals surface area contributed by atoms with Crippen molar-refractivity contribution >= 4 is 29.5 Å². The van der Waals surface area contributed by atoms with Gasteiger partial charge in [0.1, 0.15) is 0 Å². The highest BCUT2D eigenvalue weighted by Gasteiger charge is 2.12. The summed E-state index contributed by atoms with van der Waals surface area (Å²) >= 11 is 6.30. The Morgan fingerprint density at radius 3 is 2.50 bits per heavy atom. The maximum Gasteiger partial charge on any atom is 0.269 e. The molecule has 0 spiro atoms. The van der Waals surface area contributed by atoms with Gasteiger partial charge in [0.05, 0.1) is 18.2 Å². The van der Waals surface area contributed by atoms with Gasteiger partial charge in [0, 0.05) is 11.6 Å². The second-order valence-electron chi connectivity index (χ2n) is 5.75. The van der Waals surface area contributed by atoms with Crippen LogP contribution in [0.1, 0.15) is 36.2 Å². The van der Waals surface area contributed by atoms with Crippen molar-refractivity contribution in [1.29, 1.82) is 0 Å². The minimum absolute atomic E-state index is 0.400. The van der Waals surface area contributed by atoms with Crippen LogP contribution in [-0.2, 0) is 4.79 Å². The van der Waals surface area contributed by atoms with Gasteiger partial charge in [-0.3, -0.25) is 20.4 Å². The molecule has 0 aliphatic rings. The normalized spacial score (nSPS) is 10.5. The van der Waals surface area contributed by atoms with E-state index in [2.05, 4.69) is 10.9 Å². The summed E-state index contributed by atoms with van der Waals surface area (Å²) in [6, 6.07) is 12.0. The van der Waals surface area contributed by atoms with Crippen molar-refractivity contribution in [2.24, 2.45) is 0 Å². The van der Waals surface area contributed by atoms with Crippen molar-refractivity contribution in [3.05, 3.63) is 64.7 Å². The smallest absolute Gasteiger partial charge is 0.269 e. The first-order chi connectivity index (χ1) is 13.5. The van der Waals surface area contributed by atoms with Crippen LogP contribution in [0.3, 0.4) is 0 Å². The molecule has 0 fully saturated rings. The van der Waals surface area contributed by atoms with Crippen LogP contribution in [0.4, 0.5) is 0 Å². The minimum atomic E-state index is -0.482. The van der Waals surface area contributed by atoms with Crippen LogP contribution in [0.2, 0.25) is 5.02 Å². The molecule has 2 rings (SSSR count). The monoisotopic (exact) mass is 402 g/mol. The van der Waals surface area contributed by atoms with Gasteiger partial charge >= 0.3 is 0 Å². The Labute approximate surface area is 169 Å². The van der Waals surface area contributed by atoms with E-state index >= 15 is 0 Å². The summed E-state index contributed by atoms with van der Waals surface area (Å²) in [5, 5.41) is 0.400. The van der Waals surface area contributed by atoms with Crippen LogP contribution in [0.5, 0.6) is 11.5 Å². The molecule has 7 heteroatoms. The van der Waals surface area contributed by atoms with E-state index in [9.17, 15) is 9.59 Å². The van der Waals surface area contributed by atoms with Crippen molar-refractivity contribution in [1.82, 2.24) is 10.9 Å². The summed E-state index contributed by atoms with van der Waals surface area (Å²) in [5.41, 5.74) is 5.80. The van der Waals surface area contributed by atoms with Gasteiger partial charge in [-0.25, -0.2) is 0 Å². The van der Waals surface area contributed by atoms with Crippen LogP contribution in [0.25, 0.3) is 6.08 Å². The molecule has 0 unspecified atom stereocenters. The van der Waals surface area contributed by atoms with Crippen LogP contribution < -0.4 is 20.3 Å². The topological polar surface area (TPSA) is 76.7 Å². The lowest BCUT2D eigenvalue weighted by molar-refractivity contribution is -0.117. The Kier molecular flexibility index (Phi) is 8.37. The molecule has 2 aromatic rings. The predicted molar refractivity (Wildman–Crippen MR) is 109 cm³/mol. The lowest BCUT2D eigenvalue weighted by Crippen LogP contribution is -2.40. The Morgan fingerprint density at radius 2 is 1.82 bits per heavy atom. The standard InChI is InChI=1S/C21H23ClN2O4/c1-3-12-28-20-17(22)13-15(14-18(20)27-4-2)10-11-19(25)23-24-21(26)16-8-6-5-7-9-16/h5-11,13-14H,3-4,12H2,1-2H3,(H,23,25)(H,24,26)/b11-10+. The second kappa shape index (κ2) is 11.0. The summed E-state index contributed by atoms with van der Waals surface area (Å²) in [5.74, 6) is 0.120. The zero-order chi connectivity index (χ0) is 20.4. The van der Waals surface area contributed by atoms with Crippen molar-refractivity contribution in [3.8, 4) is 11.5 Å². The zero-order valence-corrected chi connectivity index (χ0v) is 16.6. The van der Waals surface area contributed by atoms with Gasteiger partial charge in [-0.05, 0) is 49.2 Å². The Balaban J connectivity index is 2.02. The number of hydrogen-bond donors (Lipinski definition) is 2. The fourth-order valence-electron chi connectivity index (χ4n) is 2.28. The molecule has 0 aliphatic carbocycles. The molecule has 0 aromatic heterocycles. The van der Waals surface area contributed by atoms with Crippen LogP contribution in [0, 0.1) is 0 Å². The van der Waals surface area contributed by atoms with Crippen molar-refractivity contribution in [3.63, 3.8) is 0 Å². The highest BCUT2D eigenvalue weighted by atomic mass is 35.5. The molecular weight excluding hydrogens is 380 g/mol. The number of rotatable bonds is 8. The van der Waals surface area contributed by atoms with Gasteiger partial charge in [-0.15, -0.1) is 0 Å². The maximum atomic E-state index is 12.0. The number of halogens is 1. The maximum absolute atomic E-state index is 12.0. The summed E-state index contributed by atoms with van der Waals surface area (Å²) < 4.78 is 11.2. The minimum Gasteiger partial charge on any atom is -0.490 e. The van der Waals surface area contributed by atoms with E-state index in [0.29, 0.717) is 40.9 Å². The van der Waals surface area contributed by atoms with Crippen LogP contribution >= 0.6 is 11.6 Å². The SMILES string of the molecule is CCCOc1c(Cl)cc(/C=C/C(=O)NNC(=O)c2ccccc2)cc1OCC. The molecular formula is C21H23ClN2O4. The molecule has 0 heterocycles. The number of nitrogens with one attached hydrogen (secondary N) is 2. The number of hydrogen-bond acceptors (Lipinski definition) is 4. The first kappa shape index (κ1) is 21.3. The van der Waals surface area contributed by atoms with Crippen molar-refractivity contribution in [2.45, 2.75) is 20.3 Å². The van der Waals surface area contributed by atoms with E-state index in [-0.39, 0.29) is 0 Å². The lowest BCUT2D eigenvalue weighted by Gasteiger charge is -2.14. The summed E-state index contributed by atoms with van der Waals surface area (Å²) in [4.78, 5) is 23.9. The molecule has 6 nitrogen and oxygen atoms in total. The number of carbonyl (C=O) groups is 2. The third-order valence-corrected chi connectivity index (χ3v) is 3.83. The van der Waals surface area contributed by atoms with Crippen molar-refractivity contribution in [2.75, 3.05) is 13.2 Å². The first-order valence-corrected chi connectivity index (χ1v) is 9.35. The van der Waals surface area contributed by atoms with Crippen LogP contribution in [-0.4, -0.2) is 25.0 Å². The largest absolute Gasteiger partial charge is 0.490 e. The van der Waals surface area contributed by atoms with E-state index in [4.69, 9.17) is 21.1 Å².